The minimum atomic E-state index is -4.58. The summed E-state index contributed by atoms with van der Waals surface area (Å²) in [6.07, 6.45) is -7.16. The molecule has 1 heterocycles. The van der Waals surface area contributed by atoms with Crippen molar-refractivity contribution < 1.29 is 31.9 Å². The van der Waals surface area contributed by atoms with Crippen LogP contribution < -0.4 is 10.1 Å². The minimum absolute atomic E-state index is 0.145. The monoisotopic (exact) mass is 321 g/mol. The number of hydrogen-bond donors (Lipinski definition) is 1. The van der Waals surface area contributed by atoms with E-state index >= 15 is 0 Å². The van der Waals surface area contributed by atoms with Gasteiger partial charge in [-0.1, -0.05) is 12.1 Å². The van der Waals surface area contributed by atoms with Crippen molar-refractivity contribution >= 4 is 29.0 Å². The van der Waals surface area contributed by atoms with Gasteiger partial charge in [-0.2, -0.15) is 17.6 Å². The lowest BCUT2D eigenvalue weighted by Gasteiger charge is -2.16. The molecule has 1 saturated heterocycles. The fraction of sp³-hybridized carbons (Fsp3) is 0.167. The molecule has 0 unspecified atom stereocenters. The number of halogens is 4. The molecule has 0 bridgehead atoms. The molecule has 1 aliphatic heterocycles. The lowest BCUT2D eigenvalue weighted by atomic mass is 10.2. The van der Waals surface area contributed by atoms with Crippen molar-refractivity contribution in [2.24, 2.45) is 0 Å². The zero-order chi connectivity index (χ0) is 15.6. The third-order valence-electron chi connectivity index (χ3n) is 2.33. The van der Waals surface area contributed by atoms with E-state index in [1.165, 1.54) is 18.2 Å². The maximum atomic E-state index is 12.7. The Morgan fingerprint density at radius 1 is 1.19 bits per heavy atom. The van der Waals surface area contributed by atoms with Crippen LogP contribution in [-0.2, 0) is 4.79 Å². The standard InChI is InChI=1S/C12H7F4NO3S/c13-10(14)12(15,16)20-7-3-1-6(2-4-7)5-8-9(18)17-11(19)21-8/h1-5,10H,(H,17,18,19). The summed E-state index contributed by atoms with van der Waals surface area (Å²) in [5.74, 6) is -1.00. The second kappa shape index (κ2) is 5.76. The number of imide groups is 1. The van der Waals surface area contributed by atoms with Crippen molar-refractivity contribution in [1.29, 1.82) is 0 Å². The van der Waals surface area contributed by atoms with Crippen LogP contribution in [0.5, 0.6) is 5.75 Å². The Morgan fingerprint density at radius 2 is 1.81 bits per heavy atom. The van der Waals surface area contributed by atoms with Gasteiger partial charge in [0.25, 0.3) is 11.1 Å². The first-order chi connectivity index (χ1) is 9.78. The summed E-state index contributed by atoms with van der Waals surface area (Å²) in [7, 11) is 0. The molecule has 0 atom stereocenters. The van der Waals surface area contributed by atoms with E-state index in [2.05, 4.69) is 10.1 Å². The molecule has 9 heteroatoms. The average molecular weight is 321 g/mol. The van der Waals surface area contributed by atoms with Gasteiger partial charge in [0, 0.05) is 0 Å². The van der Waals surface area contributed by atoms with Gasteiger partial charge in [-0.3, -0.25) is 14.9 Å². The van der Waals surface area contributed by atoms with Crippen molar-refractivity contribution in [3.05, 3.63) is 34.7 Å². The maximum absolute atomic E-state index is 12.7. The molecule has 112 valence electrons. The van der Waals surface area contributed by atoms with Crippen molar-refractivity contribution in [2.75, 3.05) is 0 Å². The first-order valence-corrected chi connectivity index (χ1v) is 6.29. The molecule has 0 saturated carbocycles. The Labute approximate surface area is 120 Å². The number of amides is 2. The van der Waals surface area contributed by atoms with Gasteiger partial charge in [0.05, 0.1) is 4.91 Å². The Balaban J connectivity index is 2.11. The number of rotatable bonds is 4. The molecule has 1 aliphatic rings. The average Bonchev–Trinajstić information content (AvgIpc) is 2.70. The van der Waals surface area contributed by atoms with Crippen molar-refractivity contribution in [2.45, 2.75) is 12.5 Å². The van der Waals surface area contributed by atoms with Gasteiger partial charge in [-0.25, -0.2) is 0 Å². The van der Waals surface area contributed by atoms with E-state index in [0.717, 1.165) is 12.1 Å². The molecule has 1 N–H and O–H groups in total. The van der Waals surface area contributed by atoms with E-state index in [-0.39, 0.29) is 4.91 Å². The van der Waals surface area contributed by atoms with Gasteiger partial charge >= 0.3 is 12.5 Å². The van der Waals surface area contributed by atoms with E-state index in [0.29, 0.717) is 17.3 Å². The quantitative estimate of drug-likeness (QED) is 0.683. The summed E-state index contributed by atoms with van der Waals surface area (Å²) < 4.78 is 53.2. The van der Waals surface area contributed by atoms with Crippen LogP contribution in [0, 0.1) is 0 Å². The molecule has 0 aliphatic carbocycles. The van der Waals surface area contributed by atoms with Gasteiger partial charge in [-0.15, -0.1) is 0 Å². The van der Waals surface area contributed by atoms with E-state index in [9.17, 15) is 27.2 Å². The zero-order valence-electron chi connectivity index (χ0n) is 10.1. The number of thioether (sulfide) groups is 1. The van der Waals surface area contributed by atoms with Crippen molar-refractivity contribution in [3.8, 4) is 5.75 Å². The number of carbonyl (C=O) groups is 2. The molecular formula is C12H7F4NO3S. The molecular weight excluding hydrogens is 314 g/mol. The van der Waals surface area contributed by atoms with E-state index < -0.39 is 29.4 Å². The fourth-order valence-electron chi connectivity index (χ4n) is 1.41. The second-order valence-electron chi connectivity index (χ2n) is 3.89. The molecule has 1 fully saturated rings. The van der Waals surface area contributed by atoms with E-state index in [1.54, 1.807) is 0 Å². The van der Waals surface area contributed by atoms with Crippen LogP contribution in [0.4, 0.5) is 22.4 Å². The first-order valence-electron chi connectivity index (χ1n) is 5.48. The molecule has 0 radical (unpaired) electrons. The Hall–Kier alpha value is -2.03. The van der Waals surface area contributed by atoms with Crippen LogP contribution in [0.3, 0.4) is 0 Å². The third kappa shape index (κ3) is 3.75. The molecule has 1 aromatic rings. The van der Waals surface area contributed by atoms with E-state index in [4.69, 9.17) is 0 Å². The summed E-state index contributed by atoms with van der Waals surface area (Å²) in [5, 5.41) is 1.54. The fourth-order valence-corrected chi connectivity index (χ4v) is 2.09. The summed E-state index contributed by atoms with van der Waals surface area (Å²) in [4.78, 5) is 22.4. The third-order valence-corrected chi connectivity index (χ3v) is 3.14. The first kappa shape index (κ1) is 15.4. The highest BCUT2D eigenvalue weighted by Gasteiger charge is 2.43. The number of alkyl halides is 4. The maximum Gasteiger partial charge on any atom is 0.461 e. The molecule has 1 aromatic carbocycles. The number of carbonyl (C=O) groups excluding carboxylic acids is 2. The molecule has 0 aromatic heterocycles. The van der Waals surface area contributed by atoms with Crippen molar-refractivity contribution in [1.82, 2.24) is 5.32 Å². The van der Waals surface area contributed by atoms with E-state index in [1.807, 2.05) is 0 Å². The Kier molecular flexibility index (Phi) is 4.21. The van der Waals surface area contributed by atoms with Crippen molar-refractivity contribution in [3.63, 3.8) is 0 Å². The molecule has 21 heavy (non-hydrogen) atoms. The lowest BCUT2D eigenvalue weighted by molar-refractivity contribution is -0.253. The Morgan fingerprint density at radius 3 is 2.29 bits per heavy atom. The van der Waals surface area contributed by atoms with Crippen LogP contribution in [-0.4, -0.2) is 23.7 Å². The SMILES string of the molecule is O=C1NC(=O)C(=Cc2ccc(OC(F)(F)C(F)F)cc2)S1. The van der Waals surface area contributed by atoms with Crippen LogP contribution >= 0.6 is 11.8 Å². The molecule has 2 rings (SSSR count). The minimum Gasteiger partial charge on any atom is -0.428 e. The van der Waals surface area contributed by atoms with Crippen LogP contribution in [0.25, 0.3) is 6.08 Å². The smallest absolute Gasteiger partial charge is 0.428 e. The molecule has 0 spiro atoms. The molecule has 4 nitrogen and oxygen atoms in total. The predicted octanol–water partition coefficient (Wildman–Crippen LogP) is 3.25. The highest BCUT2D eigenvalue weighted by atomic mass is 32.2. The highest BCUT2D eigenvalue weighted by molar-refractivity contribution is 8.18. The van der Waals surface area contributed by atoms with Gasteiger partial charge in [0.2, 0.25) is 0 Å². The van der Waals surface area contributed by atoms with Crippen LogP contribution in [0.15, 0.2) is 29.2 Å². The number of ether oxygens (including phenoxy) is 1. The highest BCUT2D eigenvalue weighted by Crippen LogP contribution is 2.29. The predicted molar refractivity (Wildman–Crippen MR) is 67.1 cm³/mol. The second-order valence-corrected chi connectivity index (χ2v) is 4.90. The summed E-state index contributed by atoms with van der Waals surface area (Å²) in [6.45, 7) is 0. The number of nitrogens with one attached hydrogen (secondary N) is 1. The van der Waals surface area contributed by atoms with Gasteiger partial charge in [-0.05, 0) is 35.5 Å². The van der Waals surface area contributed by atoms with Crippen LogP contribution in [0.2, 0.25) is 0 Å². The molecule has 2 amide bonds. The summed E-state index contributed by atoms with van der Waals surface area (Å²) in [5.41, 5.74) is 0.426. The summed E-state index contributed by atoms with van der Waals surface area (Å²) in [6, 6.07) is 4.70. The van der Waals surface area contributed by atoms with Gasteiger partial charge in [0.1, 0.15) is 5.75 Å². The van der Waals surface area contributed by atoms with Crippen LogP contribution in [0.1, 0.15) is 5.56 Å². The topological polar surface area (TPSA) is 55.4 Å². The summed E-state index contributed by atoms with van der Waals surface area (Å²) >= 11 is 0.698. The Bertz CT molecular complexity index is 601. The number of hydrogen-bond acceptors (Lipinski definition) is 4. The zero-order valence-corrected chi connectivity index (χ0v) is 10.9. The van der Waals surface area contributed by atoms with Gasteiger partial charge in [0.15, 0.2) is 0 Å². The largest absolute Gasteiger partial charge is 0.461 e. The normalized spacial score (nSPS) is 17.5. The number of benzene rings is 1. The van der Waals surface area contributed by atoms with Gasteiger partial charge < -0.3 is 4.74 Å². The lowest BCUT2D eigenvalue weighted by Crippen LogP contribution is -2.33.